The Labute approximate surface area is 132 Å². The summed E-state index contributed by atoms with van der Waals surface area (Å²) < 4.78 is 5.69. The van der Waals surface area contributed by atoms with E-state index in [1.54, 1.807) is 0 Å². The van der Waals surface area contributed by atoms with Crippen LogP contribution in [-0.2, 0) is 0 Å². The van der Waals surface area contributed by atoms with Crippen LogP contribution < -0.4 is 10.1 Å². The van der Waals surface area contributed by atoms with Crippen molar-refractivity contribution in [3.05, 3.63) is 64.7 Å². The molecule has 0 saturated heterocycles. The van der Waals surface area contributed by atoms with Gasteiger partial charge in [0.2, 0.25) is 0 Å². The molecule has 0 spiro atoms. The van der Waals surface area contributed by atoms with Gasteiger partial charge in [-0.15, -0.1) is 0 Å². The lowest BCUT2D eigenvalue weighted by molar-refractivity contribution is 0.242. The van der Waals surface area contributed by atoms with Crippen molar-refractivity contribution in [1.29, 1.82) is 0 Å². The lowest BCUT2D eigenvalue weighted by Gasteiger charge is -2.20. The molecule has 0 heterocycles. The third-order valence-corrected chi connectivity index (χ3v) is 3.55. The van der Waals surface area contributed by atoms with Crippen molar-refractivity contribution in [2.75, 3.05) is 6.54 Å². The number of ether oxygens (including phenoxy) is 1. The van der Waals surface area contributed by atoms with Crippen LogP contribution in [0.4, 0.5) is 0 Å². The van der Waals surface area contributed by atoms with Crippen LogP contribution in [0.25, 0.3) is 0 Å². The van der Waals surface area contributed by atoms with Crippen molar-refractivity contribution in [1.82, 2.24) is 5.32 Å². The molecule has 0 saturated carbocycles. The zero-order valence-electron chi connectivity index (χ0n) is 12.8. The Morgan fingerprint density at radius 2 is 1.71 bits per heavy atom. The highest BCUT2D eigenvalue weighted by atomic mass is 35.5. The molecule has 0 fully saturated rings. The number of hydrogen-bond donors (Lipinski definition) is 1. The maximum atomic E-state index is 6.34. The van der Waals surface area contributed by atoms with Gasteiger partial charge in [-0.3, -0.25) is 0 Å². The zero-order chi connectivity index (χ0) is 15.2. The Balaban J connectivity index is 2.28. The highest BCUT2D eigenvalue weighted by Gasteiger charge is 2.15. The maximum absolute atomic E-state index is 6.34. The lowest BCUT2D eigenvalue weighted by atomic mass is 9.98. The summed E-state index contributed by atoms with van der Waals surface area (Å²) in [6.07, 6.45) is 0.184. The van der Waals surface area contributed by atoms with Crippen LogP contribution in [0.5, 0.6) is 5.75 Å². The van der Waals surface area contributed by atoms with Gasteiger partial charge in [0.15, 0.2) is 0 Å². The van der Waals surface area contributed by atoms with Crippen LogP contribution >= 0.6 is 11.6 Å². The molecule has 2 rings (SSSR count). The van der Waals surface area contributed by atoms with Crippen molar-refractivity contribution in [2.24, 2.45) is 0 Å². The molecule has 112 valence electrons. The van der Waals surface area contributed by atoms with E-state index >= 15 is 0 Å². The maximum Gasteiger partial charge on any atom is 0.119 e. The van der Waals surface area contributed by atoms with E-state index < -0.39 is 0 Å². The molecule has 1 N–H and O–H groups in total. The molecule has 21 heavy (non-hydrogen) atoms. The minimum atomic E-state index is 0.0943. The average molecular weight is 304 g/mol. The van der Waals surface area contributed by atoms with Gasteiger partial charge in [-0.1, -0.05) is 48.9 Å². The number of halogens is 1. The minimum absolute atomic E-state index is 0.0943. The Morgan fingerprint density at radius 3 is 2.29 bits per heavy atom. The van der Waals surface area contributed by atoms with Gasteiger partial charge in [0.05, 0.1) is 12.1 Å². The molecule has 0 aliphatic heterocycles. The second-order valence-corrected chi connectivity index (χ2v) is 5.66. The van der Waals surface area contributed by atoms with E-state index in [0.29, 0.717) is 0 Å². The normalized spacial score (nSPS) is 12.4. The number of rotatable bonds is 6. The molecular formula is C18H22ClNO. The van der Waals surface area contributed by atoms with Crippen LogP contribution in [0.15, 0.2) is 48.5 Å². The van der Waals surface area contributed by atoms with Crippen molar-refractivity contribution >= 4 is 11.6 Å². The molecule has 0 aliphatic rings. The predicted molar refractivity (Wildman–Crippen MR) is 89.2 cm³/mol. The molecule has 0 amide bonds. The Bertz CT molecular complexity index is 566. The molecule has 1 unspecified atom stereocenters. The quantitative estimate of drug-likeness (QED) is 0.825. The molecule has 1 atom stereocenters. The topological polar surface area (TPSA) is 21.3 Å². The summed E-state index contributed by atoms with van der Waals surface area (Å²) >= 11 is 6.34. The monoisotopic (exact) mass is 303 g/mol. The predicted octanol–water partition coefficient (Wildman–Crippen LogP) is 4.83. The first kappa shape index (κ1) is 15.9. The van der Waals surface area contributed by atoms with Gasteiger partial charge in [0, 0.05) is 5.02 Å². The molecule has 2 aromatic carbocycles. The fraction of sp³-hybridized carbons (Fsp3) is 0.333. The first-order valence-electron chi connectivity index (χ1n) is 7.36. The van der Waals surface area contributed by atoms with Crippen molar-refractivity contribution in [3.8, 4) is 5.75 Å². The van der Waals surface area contributed by atoms with Crippen LogP contribution in [-0.4, -0.2) is 12.6 Å². The summed E-state index contributed by atoms with van der Waals surface area (Å²) in [6, 6.07) is 16.3. The summed E-state index contributed by atoms with van der Waals surface area (Å²) in [4.78, 5) is 0. The fourth-order valence-corrected chi connectivity index (χ4v) is 2.58. The van der Waals surface area contributed by atoms with Gasteiger partial charge < -0.3 is 10.1 Å². The van der Waals surface area contributed by atoms with Gasteiger partial charge >= 0.3 is 0 Å². The smallest absolute Gasteiger partial charge is 0.119 e. The number of hydrogen-bond acceptors (Lipinski definition) is 2. The SMILES string of the molecule is CCNC(c1ccc(OC(C)C)cc1)c1ccccc1Cl. The third-order valence-electron chi connectivity index (χ3n) is 3.21. The standard InChI is InChI=1S/C18H22ClNO/c1-4-20-18(16-7-5-6-8-17(16)19)14-9-11-15(12-10-14)21-13(2)3/h5-13,18,20H,4H2,1-3H3. The lowest BCUT2D eigenvalue weighted by Crippen LogP contribution is -2.22. The zero-order valence-corrected chi connectivity index (χ0v) is 13.5. The van der Waals surface area contributed by atoms with Gasteiger partial charge in [-0.2, -0.15) is 0 Å². The Hall–Kier alpha value is -1.51. The van der Waals surface area contributed by atoms with E-state index in [1.807, 2.05) is 44.2 Å². The molecular weight excluding hydrogens is 282 g/mol. The number of nitrogens with one attached hydrogen (secondary N) is 1. The van der Waals surface area contributed by atoms with Gasteiger partial charge in [-0.25, -0.2) is 0 Å². The van der Waals surface area contributed by atoms with Gasteiger partial charge in [0.1, 0.15) is 5.75 Å². The summed E-state index contributed by atoms with van der Waals surface area (Å²) in [5, 5.41) is 4.27. The average Bonchev–Trinajstić information content (AvgIpc) is 2.46. The van der Waals surface area contributed by atoms with Crippen LogP contribution in [0, 0.1) is 0 Å². The first-order valence-corrected chi connectivity index (χ1v) is 7.74. The summed E-state index contributed by atoms with van der Waals surface area (Å²) in [5.74, 6) is 0.892. The second-order valence-electron chi connectivity index (χ2n) is 5.25. The summed E-state index contributed by atoms with van der Waals surface area (Å²) in [6.45, 7) is 7.03. The summed E-state index contributed by atoms with van der Waals surface area (Å²) in [5.41, 5.74) is 2.28. The highest BCUT2D eigenvalue weighted by Crippen LogP contribution is 2.29. The van der Waals surface area contributed by atoms with Gasteiger partial charge in [-0.05, 0) is 49.7 Å². The Kier molecular flexibility index (Phi) is 5.66. The fourth-order valence-electron chi connectivity index (χ4n) is 2.33. The van der Waals surface area contributed by atoms with E-state index in [0.717, 1.165) is 22.9 Å². The van der Waals surface area contributed by atoms with Crippen molar-refractivity contribution in [2.45, 2.75) is 32.9 Å². The minimum Gasteiger partial charge on any atom is -0.491 e. The Morgan fingerprint density at radius 1 is 1.05 bits per heavy atom. The molecule has 3 heteroatoms. The van der Waals surface area contributed by atoms with E-state index in [-0.39, 0.29) is 12.1 Å². The van der Waals surface area contributed by atoms with Crippen LogP contribution in [0.2, 0.25) is 5.02 Å². The van der Waals surface area contributed by atoms with E-state index in [1.165, 1.54) is 5.56 Å². The van der Waals surface area contributed by atoms with Crippen LogP contribution in [0.3, 0.4) is 0 Å². The molecule has 0 bridgehead atoms. The molecule has 2 aromatic rings. The van der Waals surface area contributed by atoms with E-state index in [9.17, 15) is 0 Å². The first-order chi connectivity index (χ1) is 10.1. The highest BCUT2D eigenvalue weighted by molar-refractivity contribution is 6.31. The molecule has 2 nitrogen and oxygen atoms in total. The largest absolute Gasteiger partial charge is 0.491 e. The van der Waals surface area contributed by atoms with Crippen molar-refractivity contribution < 1.29 is 4.74 Å². The summed E-state index contributed by atoms with van der Waals surface area (Å²) in [7, 11) is 0. The van der Waals surface area contributed by atoms with Crippen LogP contribution in [0.1, 0.15) is 37.9 Å². The second kappa shape index (κ2) is 7.48. The van der Waals surface area contributed by atoms with E-state index in [2.05, 4.69) is 30.4 Å². The molecule has 0 aromatic heterocycles. The number of benzene rings is 2. The van der Waals surface area contributed by atoms with Gasteiger partial charge in [0.25, 0.3) is 0 Å². The van der Waals surface area contributed by atoms with E-state index in [4.69, 9.17) is 16.3 Å². The third kappa shape index (κ3) is 4.23. The van der Waals surface area contributed by atoms with Crippen molar-refractivity contribution in [3.63, 3.8) is 0 Å². The molecule has 0 radical (unpaired) electrons. The molecule has 0 aliphatic carbocycles.